The lowest BCUT2D eigenvalue weighted by Gasteiger charge is -2.10. The number of hydrogen-bond donors (Lipinski definition) is 0. The molecule has 142 valence electrons. The number of fused-ring (bicyclic) bond motifs is 1. The minimum absolute atomic E-state index is 0.194. The number of benzene rings is 2. The van der Waals surface area contributed by atoms with Crippen molar-refractivity contribution in [3.05, 3.63) is 71.8 Å². The van der Waals surface area contributed by atoms with Gasteiger partial charge < -0.3 is 4.57 Å². The standard InChI is InChI=1S/C19H14F3N5S/c1-27-15(11-12-7-3-2-4-8-12)25-26-18(27)28-16-13-9-5-6-10-14(13)23-17(24-16)19(20,21)22/h2-10H,11H2,1H3. The lowest BCUT2D eigenvalue weighted by Crippen LogP contribution is -2.12. The number of nitrogens with zero attached hydrogens (tertiary/aromatic N) is 5. The lowest BCUT2D eigenvalue weighted by molar-refractivity contribution is -0.145. The zero-order chi connectivity index (χ0) is 19.7. The molecular weight excluding hydrogens is 387 g/mol. The van der Waals surface area contributed by atoms with Gasteiger partial charge in [0.1, 0.15) is 10.9 Å². The monoisotopic (exact) mass is 401 g/mol. The molecule has 0 aliphatic rings. The molecule has 0 fully saturated rings. The van der Waals surface area contributed by atoms with E-state index in [9.17, 15) is 13.2 Å². The summed E-state index contributed by atoms with van der Waals surface area (Å²) in [4.78, 5) is 7.39. The van der Waals surface area contributed by atoms with Crippen molar-refractivity contribution in [1.29, 1.82) is 0 Å². The first-order chi connectivity index (χ1) is 13.4. The maximum absolute atomic E-state index is 13.2. The molecule has 2 aromatic carbocycles. The van der Waals surface area contributed by atoms with Gasteiger partial charge in [-0.1, -0.05) is 48.5 Å². The molecule has 0 spiro atoms. The Morgan fingerprint density at radius 2 is 1.64 bits per heavy atom. The van der Waals surface area contributed by atoms with Gasteiger partial charge in [-0.2, -0.15) is 13.2 Å². The zero-order valence-corrected chi connectivity index (χ0v) is 15.5. The van der Waals surface area contributed by atoms with Gasteiger partial charge in [0.25, 0.3) is 0 Å². The summed E-state index contributed by atoms with van der Waals surface area (Å²) >= 11 is 1.04. The van der Waals surface area contributed by atoms with Gasteiger partial charge in [0, 0.05) is 18.9 Å². The van der Waals surface area contributed by atoms with Crippen LogP contribution >= 0.6 is 11.8 Å². The molecular formula is C19H14F3N5S. The maximum Gasteiger partial charge on any atom is 0.451 e. The normalized spacial score (nSPS) is 11.9. The van der Waals surface area contributed by atoms with E-state index in [2.05, 4.69) is 20.2 Å². The minimum atomic E-state index is -4.63. The van der Waals surface area contributed by atoms with Gasteiger partial charge in [-0.05, 0) is 23.4 Å². The van der Waals surface area contributed by atoms with Crippen LogP contribution in [0.1, 0.15) is 17.2 Å². The first-order valence-corrected chi connectivity index (χ1v) is 9.17. The van der Waals surface area contributed by atoms with Gasteiger partial charge in [-0.3, -0.25) is 0 Å². The summed E-state index contributed by atoms with van der Waals surface area (Å²) in [5, 5.41) is 9.52. The first-order valence-electron chi connectivity index (χ1n) is 8.36. The Morgan fingerprint density at radius 1 is 0.929 bits per heavy atom. The third-order valence-corrected chi connectivity index (χ3v) is 5.18. The van der Waals surface area contributed by atoms with E-state index in [4.69, 9.17) is 0 Å². The molecule has 0 unspecified atom stereocenters. The average molecular weight is 401 g/mol. The summed E-state index contributed by atoms with van der Waals surface area (Å²) in [6.07, 6.45) is -4.05. The van der Waals surface area contributed by atoms with Crippen molar-refractivity contribution in [2.24, 2.45) is 7.05 Å². The van der Waals surface area contributed by atoms with Gasteiger partial charge in [-0.15, -0.1) is 10.2 Å². The second-order valence-corrected chi connectivity index (χ2v) is 7.05. The highest BCUT2D eigenvalue weighted by atomic mass is 32.2. The molecule has 5 nitrogen and oxygen atoms in total. The Hall–Kier alpha value is -2.94. The van der Waals surface area contributed by atoms with Crippen molar-refractivity contribution in [2.75, 3.05) is 0 Å². The van der Waals surface area contributed by atoms with Gasteiger partial charge in [0.2, 0.25) is 5.82 Å². The van der Waals surface area contributed by atoms with E-state index in [1.807, 2.05) is 30.3 Å². The van der Waals surface area contributed by atoms with E-state index < -0.39 is 12.0 Å². The number of rotatable bonds is 4. The summed E-state index contributed by atoms with van der Waals surface area (Å²) < 4.78 is 41.3. The molecule has 0 aliphatic heterocycles. The van der Waals surface area contributed by atoms with Crippen LogP contribution in [0.5, 0.6) is 0 Å². The molecule has 0 saturated heterocycles. The van der Waals surface area contributed by atoms with Crippen LogP contribution in [-0.4, -0.2) is 24.7 Å². The fraction of sp³-hybridized carbons (Fsp3) is 0.158. The second-order valence-electron chi connectivity index (χ2n) is 6.09. The summed E-state index contributed by atoms with van der Waals surface area (Å²) in [6, 6.07) is 16.4. The molecule has 0 bridgehead atoms. The molecule has 0 radical (unpaired) electrons. The van der Waals surface area contributed by atoms with E-state index >= 15 is 0 Å². The molecule has 0 aliphatic carbocycles. The van der Waals surface area contributed by atoms with Crippen LogP contribution in [0, 0.1) is 0 Å². The molecule has 4 aromatic rings. The van der Waals surface area contributed by atoms with E-state index in [0.29, 0.717) is 22.8 Å². The van der Waals surface area contributed by atoms with Crippen molar-refractivity contribution in [2.45, 2.75) is 22.8 Å². The molecule has 2 aromatic heterocycles. The topological polar surface area (TPSA) is 56.5 Å². The third kappa shape index (κ3) is 3.70. The van der Waals surface area contributed by atoms with E-state index in [1.54, 1.807) is 29.8 Å². The molecule has 2 heterocycles. The minimum Gasteiger partial charge on any atom is -0.309 e. The summed E-state index contributed by atoms with van der Waals surface area (Å²) in [5.74, 6) is -0.455. The van der Waals surface area contributed by atoms with E-state index in [1.165, 1.54) is 6.07 Å². The predicted octanol–water partition coefficient (Wildman–Crippen LogP) is 4.52. The van der Waals surface area contributed by atoms with Gasteiger partial charge in [0.15, 0.2) is 5.16 Å². The summed E-state index contributed by atoms with van der Waals surface area (Å²) in [5.41, 5.74) is 1.31. The van der Waals surface area contributed by atoms with Crippen LogP contribution in [0.15, 0.2) is 64.8 Å². The SMILES string of the molecule is Cn1c(Cc2ccccc2)nnc1Sc1nc(C(F)(F)F)nc2ccccc12. The molecule has 0 amide bonds. The third-order valence-electron chi connectivity index (χ3n) is 4.14. The van der Waals surface area contributed by atoms with E-state index in [-0.39, 0.29) is 10.5 Å². The number of aromatic nitrogens is 5. The number of hydrogen-bond acceptors (Lipinski definition) is 5. The van der Waals surface area contributed by atoms with Crippen molar-refractivity contribution in [3.8, 4) is 0 Å². The van der Waals surface area contributed by atoms with Gasteiger partial charge >= 0.3 is 6.18 Å². The van der Waals surface area contributed by atoms with Crippen LogP contribution in [0.3, 0.4) is 0 Å². The molecule has 9 heteroatoms. The summed E-state index contributed by atoms with van der Waals surface area (Å²) in [7, 11) is 1.79. The molecule has 4 rings (SSSR count). The Morgan fingerprint density at radius 3 is 2.39 bits per heavy atom. The second kappa shape index (κ2) is 7.23. The van der Waals surface area contributed by atoms with Crippen molar-refractivity contribution < 1.29 is 13.2 Å². The molecule has 0 N–H and O–H groups in total. The van der Waals surface area contributed by atoms with Gasteiger partial charge in [0.05, 0.1) is 5.52 Å². The predicted molar refractivity (Wildman–Crippen MR) is 98.9 cm³/mol. The Balaban J connectivity index is 1.70. The van der Waals surface area contributed by atoms with Crippen molar-refractivity contribution in [3.63, 3.8) is 0 Å². The van der Waals surface area contributed by atoms with Crippen molar-refractivity contribution >= 4 is 22.7 Å². The van der Waals surface area contributed by atoms with Crippen LogP contribution in [-0.2, 0) is 19.6 Å². The Kier molecular flexibility index (Phi) is 4.76. The number of alkyl halides is 3. The molecule has 0 saturated carbocycles. The van der Waals surface area contributed by atoms with Crippen LogP contribution in [0.2, 0.25) is 0 Å². The molecule has 0 atom stereocenters. The van der Waals surface area contributed by atoms with Crippen molar-refractivity contribution in [1.82, 2.24) is 24.7 Å². The molecule has 28 heavy (non-hydrogen) atoms. The van der Waals surface area contributed by atoms with Crippen LogP contribution in [0.25, 0.3) is 10.9 Å². The fourth-order valence-corrected chi connectivity index (χ4v) is 3.62. The zero-order valence-electron chi connectivity index (χ0n) is 14.7. The number of halogens is 3. The van der Waals surface area contributed by atoms with Gasteiger partial charge in [-0.25, -0.2) is 9.97 Å². The quantitative estimate of drug-likeness (QED) is 0.471. The fourth-order valence-electron chi connectivity index (χ4n) is 2.70. The lowest BCUT2D eigenvalue weighted by atomic mass is 10.1. The maximum atomic E-state index is 13.2. The highest BCUT2D eigenvalue weighted by molar-refractivity contribution is 7.99. The largest absolute Gasteiger partial charge is 0.451 e. The average Bonchev–Trinajstić information content (AvgIpc) is 3.01. The Bertz CT molecular complexity index is 1130. The first kappa shape index (κ1) is 18.4. The highest BCUT2D eigenvalue weighted by Crippen LogP contribution is 2.34. The summed E-state index contributed by atoms with van der Waals surface area (Å²) in [6.45, 7) is 0. The van der Waals surface area contributed by atoms with Crippen LogP contribution < -0.4 is 0 Å². The van der Waals surface area contributed by atoms with Crippen LogP contribution in [0.4, 0.5) is 13.2 Å². The van der Waals surface area contributed by atoms with E-state index in [0.717, 1.165) is 17.3 Å². The number of para-hydroxylation sites is 1. The smallest absolute Gasteiger partial charge is 0.309 e. The Labute approximate surface area is 162 Å². The highest BCUT2D eigenvalue weighted by Gasteiger charge is 2.35.